The smallest absolute Gasteiger partial charge is 0.404 e. The maximum Gasteiger partial charge on any atom is 0.404 e. The molecule has 0 saturated heterocycles. The highest BCUT2D eigenvalue weighted by Gasteiger charge is 2.42. The molecule has 4 N–H and O–H groups in total. The van der Waals surface area contributed by atoms with Crippen molar-refractivity contribution in [2.45, 2.75) is 52.2 Å². The number of aliphatic hydroxyl groups is 1. The minimum Gasteiger partial charge on any atom is -0.465 e. The highest BCUT2D eigenvalue weighted by atomic mass is 32.2. The zero-order valence-electron chi connectivity index (χ0n) is 16.9. The second-order valence-electron chi connectivity index (χ2n) is 7.30. The van der Waals surface area contributed by atoms with Gasteiger partial charge < -0.3 is 15.5 Å². The molecular formula is C19H33N3O5S. The van der Waals surface area contributed by atoms with Crippen molar-refractivity contribution in [2.75, 3.05) is 19.6 Å². The maximum absolute atomic E-state index is 13.0. The maximum atomic E-state index is 13.0. The van der Waals surface area contributed by atoms with Crippen LogP contribution >= 0.6 is 0 Å². The molecule has 8 nitrogen and oxygen atoms in total. The largest absolute Gasteiger partial charge is 0.465 e. The minimum absolute atomic E-state index is 0.0301. The summed E-state index contributed by atoms with van der Waals surface area (Å²) < 4.78 is 29.6. The number of carbonyl (C=O) groups is 1. The Morgan fingerprint density at radius 2 is 1.86 bits per heavy atom. The van der Waals surface area contributed by atoms with Gasteiger partial charge in [0.15, 0.2) is 0 Å². The predicted octanol–water partition coefficient (Wildman–Crippen LogP) is 2.17. The predicted molar refractivity (Wildman–Crippen MR) is 109 cm³/mol. The van der Waals surface area contributed by atoms with Gasteiger partial charge in [-0.1, -0.05) is 57.5 Å². The van der Waals surface area contributed by atoms with Gasteiger partial charge in [-0.25, -0.2) is 9.52 Å². The Balaban J connectivity index is 3.21. The second kappa shape index (κ2) is 11.4. The van der Waals surface area contributed by atoms with Crippen LogP contribution in [0.15, 0.2) is 30.3 Å². The number of hydrogen-bond donors (Lipinski definition) is 4. The van der Waals surface area contributed by atoms with Crippen molar-refractivity contribution in [3.63, 3.8) is 0 Å². The third-order valence-corrected chi connectivity index (χ3v) is 5.87. The molecular weight excluding hydrogens is 382 g/mol. The molecule has 0 aromatic heterocycles. The van der Waals surface area contributed by atoms with Crippen molar-refractivity contribution < 1.29 is 23.4 Å². The fourth-order valence-electron chi connectivity index (χ4n) is 2.87. The fraction of sp³-hybridized carbons (Fsp3) is 0.632. The average molecular weight is 416 g/mol. The van der Waals surface area contributed by atoms with Gasteiger partial charge in [-0.15, -0.1) is 0 Å². The van der Waals surface area contributed by atoms with Crippen LogP contribution in [-0.4, -0.2) is 54.4 Å². The van der Waals surface area contributed by atoms with Crippen LogP contribution in [0, 0.1) is 5.92 Å². The summed E-state index contributed by atoms with van der Waals surface area (Å²) in [6, 6.07) is 9.07. The molecule has 1 unspecified atom stereocenters. The highest BCUT2D eigenvalue weighted by molar-refractivity contribution is 7.87. The van der Waals surface area contributed by atoms with E-state index in [4.69, 9.17) is 5.11 Å². The molecule has 1 aromatic rings. The zero-order chi connectivity index (χ0) is 21.2. The topological polar surface area (TPSA) is 119 Å². The first-order chi connectivity index (χ1) is 13.1. The van der Waals surface area contributed by atoms with Crippen LogP contribution < -0.4 is 10.0 Å². The molecule has 0 aliphatic rings. The van der Waals surface area contributed by atoms with Gasteiger partial charge in [0.25, 0.3) is 10.2 Å². The monoisotopic (exact) mass is 415 g/mol. The van der Waals surface area contributed by atoms with Gasteiger partial charge in [-0.05, 0) is 17.9 Å². The Labute approximate surface area is 168 Å². The molecule has 1 atom stereocenters. The number of carboxylic acid groups (broad SMARTS) is 1. The van der Waals surface area contributed by atoms with Crippen molar-refractivity contribution >= 4 is 16.3 Å². The van der Waals surface area contributed by atoms with Crippen LogP contribution in [-0.2, 0) is 16.6 Å². The first-order valence-corrected chi connectivity index (χ1v) is 11.0. The van der Waals surface area contributed by atoms with E-state index in [-0.39, 0.29) is 38.4 Å². The van der Waals surface area contributed by atoms with Crippen molar-refractivity contribution in [3.8, 4) is 0 Å². The molecule has 1 amide bonds. The molecule has 0 saturated carbocycles. The zero-order valence-corrected chi connectivity index (χ0v) is 17.7. The van der Waals surface area contributed by atoms with Gasteiger partial charge in [0, 0.05) is 32.5 Å². The van der Waals surface area contributed by atoms with Crippen LogP contribution in [0.3, 0.4) is 0 Å². The quantitative estimate of drug-likeness (QED) is 0.291. The molecule has 160 valence electrons. The number of benzene rings is 1. The highest BCUT2D eigenvalue weighted by Crippen LogP contribution is 2.26. The number of amides is 1. The number of nitrogens with one attached hydrogen (secondary N) is 2. The second-order valence-corrected chi connectivity index (χ2v) is 8.98. The van der Waals surface area contributed by atoms with E-state index < -0.39 is 22.0 Å². The van der Waals surface area contributed by atoms with Crippen LogP contribution in [0.4, 0.5) is 4.79 Å². The van der Waals surface area contributed by atoms with Crippen LogP contribution in [0.25, 0.3) is 0 Å². The van der Waals surface area contributed by atoms with Gasteiger partial charge in [0.05, 0.1) is 0 Å². The van der Waals surface area contributed by atoms with E-state index in [0.717, 1.165) is 16.3 Å². The van der Waals surface area contributed by atoms with Crippen molar-refractivity contribution in [1.29, 1.82) is 0 Å². The summed E-state index contributed by atoms with van der Waals surface area (Å²) in [5.74, 6) is -0.0301. The fourth-order valence-corrected chi connectivity index (χ4v) is 4.53. The van der Waals surface area contributed by atoms with E-state index in [1.54, 1.807) is 12.1 Å². The lowest BCUT2D eigenvalue weighted by Gasteiger charge is -2.40. The Kier molecular flexibility index (Phi) is 9.88. The van der Waals surface area contributed by atoms with E-state index in [1.165, 1.54) is 0 Å². The summed E-state index contributed by atoms with van der Waals surface area (Å²) in [5, 5.41) is 22.5. The Bertz CT molecular complexity index is 697. The third-order valence-electron chi connectivity index (χ3n) is 4.23. The van der Waals surface area contributed by atoms with Crippen molar-refractivity contribution in [2.24, 2.45) is 5.92 Å². The molecule has 1 rings (SSSR count). The normalized spacial score (nSPS) is 14.2. The first kappa shape index (κ1) is 24.4. The van der Waals surface area contributed by atoms with Gasteiger partial charge in [-0.2, -0.15) is 12.7 Å². The van der Waals surface area contributed by atoms with E-state index >= 15 is 0 Å². The number of nitrogens with zero attached hydrogens (tertiary/aromatic N) is 1. The Hall–Kier alpha value is -1.68. The van der Waals surface area contributed by atoms with Crippen LogP contribution in [0.1, 0.15) is 45.6 Å². The van der Waals surface area contributed by atoms with Gasteiger partial charge in [0.1, 0.15) is 5.72 Å². The Morgan fingerprint density at radius 1 is 1.21 bits per heavy atom. The van der Waals surface area contributed by atoms with Crippen molar-refractivity contribution in [3.05, 3.63) is 35.9 Å². The lowest BCUT2D eigenvalue weighted by molar-refractivity contribution is -0.0707. The summed E-state index contributed by atoms with van der Waals surface area (Å²) in [5.41, 5.74) is -1.01. The van der Waals surface area contributed by atoms with Crippen LogP contribution in [0.2, 0.25) is 0 Å². The number of unbranched alkanes of at least 4 members (excludes halogenated alkanes) is 1. The molecule has 0 aliphatic carbocycles. The van der Waals surface area contributed by atoms with E-state index in [9.17, 15) is 18.3 Å². The SMILES string of the molecule is CCCCNS(=O)(=O)N(CC(C)C)C(O)(CCNC(=O)O)Cc1ccccc1. The molecule has 0 heterocycles. The molecule has 28 heavy (non-hydrogen) atoms. The van der Waals surface area contributed by atoms with Gasteiger partial charge in [0.2, 0.25) is 0 Å². The molecule has 0 aliphatic heterocycles. The van der Waals surface area contributed by atoms with Gasteiger partial charge in [-0.3, -0.25) is 0 Å². The lowest BCUT2D eigenvalue weighted by Crippen LogP contribution is -2.58. The number of hydrogen-bond acceptors (Lipinski definition) is 4. The Morgan fingerprint density at radius 3 is 2.39 bits per heavy atom. The van der Waals surface area contributed by atoms with Crippen molar-refractivity contribution in [1.82, 2.24) is 14.3 Å². The number of rotatable bonds is 13. The molecule has 1 aromatic carbocycles. The molecule has 0 fully saturated rings. The molecule has 0 radical (unpaired) electrons. The minimum atomic E-state index is -3.96. The molecule has 9 heteroatoms. The summed E-state index contributed by atoms with van der Waals surface area (Å²) >= 11 is 0. The average Bonchev–Trinajstić information content (AvgIpc) is 2.60. The molecule has 0 spiro atoms. The third kappa shape index (κ3) is 8.14. The van der Waals surface area contributed by atoms with Gasteiger partial charge >= 0.3 is 6.09 Å². The molecule has 0 bridgehead atoms. The first-order valence-electron chi connectivity index (χ1n) is 9.61. The lowest BCUT2D eigenvalue weighted by atomic mass is 9.98. The standard InChI is InChI=1S/C19H33N3O5S/c1-4-5-12-21-28(26,27)22(15-16(2)3)19(25,11-13-20-18(23)24)14-17-9-7-6-8-10-17/h6-10,16,20-21,25H,4-5,11-15H2,1-3H3,(H,23,24). The summed E-state index contributed by atoms with van der Waals surface area (Å²) in [4.78, 5) is 10.8. The summed E-state index contributed by atoms with van der Waals surface area (Å²) in [6.07, 6.45) is 0.281. The van der Waals surface area contributed by atoms with E-state index in [0.29, 0.717) is 6.42 Å². The van der Waals surface area contributed by atoms with E-state index in [1.807, 2.05) is 39.0 Å². The summed E-state index contributed by atoms with van der Waals surface area (Å²) in [6.45, 7) is 6.02. The van der Waals surface area contributed by atoms with Crippen LogP contribution in [0.5, 0.6) is 0 Å². The van der Waals surface area contributed by atoms with E-state index in [2.05, 4.69) is 10.0 Å². The summed E-state index contributed by atoms with van der Waals surface area (Å²) in [7, 11) is -3.96.